The minimum atomic E-state index is -0.489. The number of nitrogens with one attached hydrogen (secondary N) is 2. The minimum Gasteiger partial charge on any atom is -0.486 e. The molecule has 0 saturated carbocycles. The molecule has 0 aliphatic heterocycles. The van der Waals surface area contributed by atoms with Gasteiger partial charge in [-0.3, -0.25) is 4.79 Å². The largest absolute Gasteiger partial charge is 0.486 e. The van der Waals surface area contributed by atoms with E-state index in [-0.39, 0.29) is 23.9 Å². The number of carbonyl (C=O) groups excluding carboxylic acids is 1. The van der Waals surface area contributed by atoms with Gasteiger partial charge in [0.15, 0.2) is 16.9 Å². The number of hydrogen-bond acceptors (Lipinski definition) is 7. The van der Waals surface area contributed by atoms with Gasteiger partial charge < -0.3 is 20.5 Å². The summed E-state index contributed by atoms with van der Waals surface area (Å²) >= 11 is 0. The van der Waals surface area contributed by atoms with Crippen molar-refractivity contribution in [2.45, 2.75) is 6.61 Å². The van der Waals surface area contributed by atoms with Gasteiger partial charge in [-0.25, -0.2) is 14.5 Å². The van der Waals surface area contributed by atoms with Gasteiger partial charge in [0.25, 0.3) is 5.91 Å². The first-order valence-corrected chi connectivity index (χ1v) is 7.74. The predicted octanol–water partition coefficient (Wildman–Crippen LogP) is 1.03. The Morgan fingerprint density at radius 2 is 2.23 bits per heavy atom. The fourth-order valence-corrected chi connectivity index (χ4v) is 2.29. The standard InChI is InChI=1S/C16H17FN6O3/c1-25-5-4-19-16(24)9-2-3-11(17)10(6-9)8-26-12-7-13(18)20-15-14(12)21-23-22-15/h2-3,6-7H,4-5,8H2,1H3,(H,19,24)(H3,18,20,21,22,23). The summed E-state index contributed by atoms with van der Waals surface area (Å²) in [7, 11) is 1.54. The number of nitrogens with zero attached hydrogens (tertiary/aromatic N) is 3. The molecule has 0 radical (unpaired) electrons. The Hall–Kier alpha value is -3.27. The average Bonchev–Trinajstić information content (AvgIpc) is 3.09. The number of pyridine rings is 1. The fraction of sp³-hybridized carbons (Fsp3) is 0.250. The summed E-state index contributed by atoms with van der Waals surface area (Å²) in [5.41, 5.74) is 6.99. The molecule has 4 N–H and O–H groups in total. The van der Waals surface area contributed by atoms with E-state index in [9.17, 15) is 9.18 Å². The zero-order valence-electron chi connectivity index (χ0n) is 14.0. The van der Waals surface area contributed by atoms with Crippen LogP contribution in [0.25, 0.3) is 11.2 Å². The molecule has 0 bridgehead atoms. The topological polar surface area (TPSA) is 128 Å². The number of fused-ring (bicyclic) bond motifs is 1. The molecule has 0 atom stereocenters. The van der Waals surface area contributed by atoms with Gasteiger partial charge in [0, 0.05) is 30.8 Å². The summed E-state index contributed by atoms with van der Waals surface area (Å²) in [6.45, 7) is 0.634. The van der Waals surface area contributed by atoms with Crippen molar-refractivity contribution in [1.82, 2.24) is 25.7 Å². The number of rotatable bonds is 7. The number of methoxy groups -OCH3 is 1. The summed E-state index contributed by atoms with van der Waals surface area (Å²) in [5.74, 6) is -0.284. The lowest BCUT2D eigenvalue weighted by atomic mass is 10.1. The van der Waals surface area contributed by atoms with Crippen LogP contribution < -0.4 is 15.8 Å². The van der Waals surface area contributed by atoms with E-state index in [0.717, 1.165) is 0 Å². The molecule has 26 heavy (non-hydrogen) atoms. The molecule has 0 fully saturated rings. The van der Waals surface area contributed by atoms with Gasteiger partial charge in [-0.05, 0) is 18.2 Å². The second-order valence-electron chi connectivity index (χ2n) is 5.40. The van der Waals surface area contributed by atoms with Crippen LogP contribution in [0.4, 0.5) is 10.2 Å². The van der Waals surface area contributed by atoms with Gasteiger partial charge in [-0.2, -0.15) is 0 Å². The van der Waals surface area contributed by atoms with Crippen LogP contribution in [0.2, 0.25) is 0 Å². The first kappa shape index (κ1) is 17.5. The third-order valence-electron chi connectivity index (χ3n) is 3.57. The number of amides is 1. The first-order chi connectivity index (χ1) is 12.6. The second-order valence-corrected chi connectivity index (χ2v) is 5.40. The van der Waals surface area contributed by atoms with Gasteiger partial charge in [0.05, 0.1) is 6.61 Å². The molecular weight excluding hydrogens is 343 g/mol. The van der Waals surface area contributed by atoms with E-state index in [4.69, 9.17) is 15.2 Å². The Kier molecular flexibility index (Phi) is 5.23. The molecule has 0 aliphatic rings. The zero-order valence-corrected chi connectivity index (χ0v) is 14.0. The average molecular weight is 360 g/mol. The van der Waals surface area contributed by atoms with Crippen LogP contribution in [0.15, 0.2) is 24.3 Å². The maximum Gasteiger partial charge on any atom is 0.251 e. The van der Waals surface area contributed by atoms with Crippen molar-refractivity contribution in [2.24, 2.45) is 0 Å². The van der Waals surface area contributed by atoms with Crippen LogP contribution in [0.1, 0.15) is 15.9 Å². The fourth-order valence-electron chi connectivity index (χ4n) is 2.29. The molecule has 0 spiro atoms. The SMILES string of the molecule is COCCNC(=O)c1ccc(F)c(COc2cc(N)nc3[nH]nnc23)c1. The number of nitrogen functional groups attached to an aromatic ring is 1. The molecule has 10 heteroatoms. The molecule has 3 aromatic rings. The van der Waals surface area contributed by atoms with E-state index >= 15 is 0 Å². The van der Waals surface area contributed by atoms with Crippen molar-refractivity contribution in [3.05, 3.63) is 41.2 Å². The number of H-pyrrole nitrogens is 1. The van der Waals surface area contributed by atoms with E-state index in [0.29, 0.717) is 35.6 Å². The maximum atomic E-state index is 14.1. The molecule has 0 saturated heterocycles. The zero-order chi connectivity index (χ0) is 18.5. The first-order valence-electron chi connectivity index (χ1n) is 7.74. The molecule has 2 aromatic heterocycles. The Morgan fingerprint density at radius 1 is 1.38 bits per heavy atom. The molecule has 1 amide bonds. The van der Waals surface area contributed by atoms with Crippen LogP contribution in [0, 0.1) is 5.82 Å². The number of benzene rings is 1. The summed E-state index contributed by atoms with van der Waals surface area (Å²) in [6.07, 6.45) is 0. The van der Waals surface area contributed by atoms with Crippen molar-refractivity contribution in [3.8, 4) is 5.75 Å². The Bertz CT molecular complexity index is 929. The van der Waals surface area contributed by atoms with Gasteiger partial charge in [-0.15, -0.1) is 5.10 Å². The lowest BCUT2D eigenvalue weighted by molar-refractivity contribution is 0.0937. The van der Waals surface area contributed by atoms with E-state index in [2.05, 4.69) is 25.7 Å². The molecule has 0 unspecified atom stereocenters. The molecule has 2 heterocycles. The summed E-state index contributed by atoms with van der Waals surface area (Å²) in [5, 5.41) is 12.8. The minimum absolute atomic E-state index is 0.115. The summed E-state index contributed by atoms with van der Waals surface area (Å²) < 4.78 is 24.6. The third-order valence-corrected chi connectivity index (χ3v) is 3.57. The molecule has 3 rings (SSSR count). The number of nitrogens with two attached hydrogens (primary N) is 1. The number of anilines is 1. The van der Waals surface area contributed by atoms with Crippen molar-refractivity contribution >= 4 is 22.9 Å². The van der Waals surface area contributed by atoms with Crippen molar-refractivity contribution < 1.29 is 18.7 Å². The second kappa shape index (κ2) is 7.74. The van der Waals surface area contributed by atoms with Gasteiger partial charge >= 0.3 is 0 Å². The van der Waals surface area contributed by atoms with E-state index in [1.165, 1.54) is 31.4 Å². The van der Waals surface area contributed by atoms with E-state index in [1.807, 2.05) is 0 Å². The molecular formula is C16H17FN6O3. The number of aromatic amines is 1. The summed E-state index contributed by atoms with van der Waals surface area (Å²) in [6, 6.07) is 5.53. The van der Waals surface area contributed by atoms with Crippen molar-refractivity contribution in [2.75, 3.05) is 26.0 Å². The Morgan fingerprint density at radius 3 is 3.04 bits per heavy atom. The van der Waals surface area contributed by atoms with Gasteiger partial charge in [0.2, 0.25) is 0 Å². The summed E-state index contributed by atoms with van der Waals surface area (Å²) in [4.78, 5) is 16.1. The molecule has 136 valence electrons. The smallest absolute Gasteiger partial charge is 0.251 e. The van der Waals surface area contributed by atoms with Crippen LogP contribution in [0.3, 0.4) is 0 Å². The number of carbonyl (C=O) groups is 1. The quantitative estimate of drug-likeness (QED) is 0.537. The number of aromatic nitrogens is 4. The highest BCUT2D eigenvalue weighted by atomic mass is 19.1. The van der Waals surface area contributed by atoms with E-state index < -0.39 is 5.82 Å². The van der Waals surface area contributed by atoms with Crippen LogP contribution in [-0.2, 0) is 11.3 Å². The lowest BCUT2D eigenvalue weighted by Crippen LogP contribution is -2.27. The monoisotopic (exact) mass is 360 g/mol. The highest BCUT2D eigenvalue weighted by Gasteiger charge is 2.13. The molecule has 1 aromatic carbocycles. The predicted molar refractivity (Wildman–Crippen MR) is 91.0 cm³/mol. The van der Waals surface area contributed by atoms with Crippen LogP contribution in [0.5, 0.6) is 5.75 Å². The molecule has 0 aliphatic carbocycles. The highest BCUT2D eigenvalue weighted by molar-refractivity contribution is 5.94. The van der Waals surface area contributed by atoms with Crippen LogP contribution >= 0.6 is 0 Å². The van der Waals surface area contributed by atoms with Gasteiger partial charge in [-0.1, -0.05) is 5.21 Å². The normalized spacial score (nSPS) is 10.8. The number of halogens is 1. The molecule has 9 nitrogen and oxygen atoms in total. The van der Waals surface area contributed by atoms with Crippen molar-refractivity contribution in [1.29, 1.82) is 0 Å². The number of ether oxygens (including phenoxy) is 2. The van der Waals surface area contributed by atoms with Gasteiger partial charge in [0.1, 0.15) is 18.2 Å². The lowest BCUT2D eigenvalue weighted by Gasteiger charge is -2.10. The highest BCUT2D eigenvalue weighted by Crippen LogP contribution is 2.24. The van der Waals surface area contributed by atoms with Crippen LogP contribution in [-0.4, -0.2) is 46.6 Å². The van der Waals surface area contributed by atoms with Crippen molar-refractivity contribution in [3.63, 3.8) is 0 Å². The van der Waals surface area contributed by atoms with E-state index in [1.54, 1.807) is 0 Å². The Balaban J connectivity index is 1.76. The Labute approximate surface area is 147 Å². The third kappa shape index (κ3) is 3.86. The number of hydrogen-bond donors (Lipinski definition) is 3. The maximum absolute atomic E-state index is 14.1.